The molecule has 0 saturated carbocycles. The van der Waals surface area contributed by atoms with Crippen molar-refractivity contribution in [3.63, 3.8) is 0 Å². The number of ether oxygens (including phenoxy) is 2. The van der Waals surface area contributed by atoms with Crippen molar-refractivity contribution in [3.8, 4) is 11.5 Å². The smallest absolute Gasteiger partial charge is 0.255 e. The molecule has 0 aromatic heterocycles. The van der Waals surface area contributed by atoms with E-state index in [-0.39, 0.29) is 29.7 Å². The van der Waals surface area contributed by atoms with Gasteiger partial charge in [0.15, 0.2) is 11.4 Å². The van der Waals surface area contributed by atoms with Crippen LogP contribution in [0.3, 0.4) is 0 Å². The van der Waals surface area contributed by atoms with Gasteiger partial charge in [-0.1, -0.05) is 6.92 Å². The van der Waals surface area contributed by atoms with Crippen molar-refractivity contribution in [2.75, 3.05) is 47.5 Å². The molecule has 1 heterocycles. The summed E-state index contributed by atoms with van der Waals surface area (Å²) in [4.78, 5) is 43.3. The van der Waals surface area contributed by atoms with Crippen molar-refractivity contribution in [1.29, 1.82) is 0 Å². The summed E-state index contributed by atoms with van der Waals surface area (Å²) in [6.45, 7) is 5.53. The molecule has 1 amide bonds. The Bertz CT molecular complexity index is 1390. The van der Waals surface area contributed by atoms with E-state index in [9.17, 15) is 34.8 Å². The lowest BCUT2D eigenvalue weighted by atomic mass is 9.58. The minimum Gasteiger partial charge on any atom is -0.510 e. The van der Waals surface area contributed by atoms with Gasteiger partial charge >= 0.3 is 0 Å². The fourth-order valence-corrected chi connectivity index (χ4v) is 7.37. The van der Waals surface area contributed by atoms with E-state index >= 15 is 0 Å². The van der Waals surface area contributed by atoms with Gasteiger partial charge in [-0.2, -0.15) is 0 Å². The van der Waals surface area contributed by atoms with Gasteiger partial charge in [0.25, 0.3) is 5.91 Å². The molecule has 1 saturated heterocycles. The van der Waals surface area contributed by atoms with Crippen molar-refractivity contribution in [2.24, 2.45) is 23.5 Å². The average Bonchev–Trinajstić information content (AvgIpc) is 3.43. The van der Waals surface area contributed by atoms with Gasteiger partial charge in [-0.25, -0.2) is 0 Å². The largest absolute Gasteiger partial charge is 0.510 e. The number of aliphatic hydroxyl groups is 3. The molecular formula is C30H39N3O9. The lowest BCUT2D eigenvalue weighted by molar-refractivity contribution is -0.148. The lowest BCUT2D eigenvalue weighted by Gasteiger charge is -2.50. The zero-order valence-electron chi connectivity index (χ0n) is 24.3. The number of hydrogen-bond acceptors (Lipinski definition) is 11. The highest BCUT2D eigenvalue weighted by molar-refractivity contribution is 6.24. The van der Waals surface area contributed by atoms with Crippen molar-refractivity contribution in [2.45, 2.75) is 44.4 Å². The van der Waals surface area contributed by atoms with Crippen molar-refractivity contribution >= 4 is 17.5 Å². The summed E-state index contributed by atoms with van der Waals surface area (Å²) in [5.41, 5.74) is 2.80. The van der Waals surface area contributed by atoms with Crippen LogP contribution in [0.5, 0.6) is 11.5 Å². The number of Topliss-reactive ketones (excluding diaryl/α,β-unsaturated/α-hetero) is 2. The number of allylic oxidation sites excluding steroid dienone is 1. The minimum absolute atomic E-state index is 0.0165. The Balaban J connectivity index is 1.59. The zero-order chi connectivity index (χ0) is 30.7. The van der Waals surface area contributed by atoms with Crippen LogP contribution in [0.2, 0.25) is 0 Å². The Morgan fingerprint density at radius 3 is 2.52 bits per heavy atom. The van der Waals surface area contributed by atoms with E-state index in [1.54, 1.807) is 14.1 Å². The second kappa shape index (κ2) is 11.0. The first-order valence-electron chi connectivity index (χ1n) is 14.2. The number of nitrogens with two attached hydrogens (primary N) is 1. The van der Waals surface area contributed by atoms with E-state index in [0.717, 1.165) is 26.1 Å². The third kappa shape index (κ3) is 4.48. The molecule has 0 bridgehead atoms. The van der Waals surface area contributed by atoms with Crippen LogP contribution in [0.1, 0.15) is 41.3 Å². The number of carbonyl (C=O) groups excluding carboxylic acids is 3. The van der Waals surface area contributed by atoms with E-state index < -0.39 is 58.0 Å². The standard InChI is InChI=1S/C30H39N3O9/c1-5-33(11-14-6-7-42-13-14)12-16-10-19(34)21-17(26(16)41-4)8-15-9-18-23(32(2)3)25(36)22(29(31)39)28(38)30(18,40)27(37)20(15)24(21)35/h10,14-15,18,23,34,36-37,40H,5-9,11-13H2,1-4H3,(H2,31,39)/t14?,15-,18-,23-,30-/m0/s1. The first-order valence-corrected chi connectivity index (χ1v) is 14.2. The number of ketones is 2. The van der Waals surface area contributed by atoms with Crippen LogP contribution in [-0.2, 0) is 27.3 Å². The van der Waals surface area contributed by atoms with Gasteiger partial charge < -0.3 is 35.6 Å². The monoisotopic (exact) mass is 585 g/mol. The Hall–Kier alpha value is -3.45. The van der Waals surface area contributed by atoms with E-state index in [1.165, 1.54) is 18.1 Å². The number of nitrogens with zero attached hydrogens (tertiary/aromatic N) is 2. The molecule has 5 atom stereocenters. The van der Waals surface area contributed by atoms with Crippen LogP contribution in [0.4, 0.5) is 0 Å². The SMILES string of the molecule is CCN(Cc1cc(O)c2c(c1OC)C[C@H]1C[C@H]3[C@H](N(C)C)C(O)=C(C(N)=O)C(=O)[C@@]3(O)C(O)=C1C2=O)CC1CCOC1. The first-order chi connectivity index (χ1) is 19.9. The van der Waals surface area contributed by atoms with Crippen LogP contribution < -0.4 is 10.5 Å². The predicted molar refractivity (Wildman–Crippen MR) is 150 cm³/mol. The number of hydrogen-bond donors (Lipinski definition) is 5. The fraction of sp³-hybridized carbons (Fsp3) is 0.567. The number of amides is 1. The quantitative estimate of drug-likeness (QED) is 0.274. The molecule has 1 aliphatic heterocycles. The number of phenolic OH excluding ortho intramolecular Hbond substituents is 1. The van der Waals surface area contributed by atoms with Crippen LogP contribution in [-0.4, -0.2) is 107 Å². The molecule has 1 aromatic carbocycles. The minimum atomic E-state index is -2.67. The van der Waals surface area contributed by atoms with Gasteiger partial charge in [-0.3, -0.25) is 24.2 Å². The number of likely N-dealkylation sites (N-methyl/N-ethyl adjacent to an activating group) is 1. The number of phenols is 1. The Labute approximate surface area is 244 Å². The first kappa shape index (κ1) is 30.0. The number of benzene rings is 1. The summed E-state index contributed by atoms with van der Waals surface area (Å²) in [6, 6.07) is 0.441. The molecule has 42 heavy (non-hydrogen) atoms. The van der Waals surface area contributed by atoms with Gasteiger partial charge in [0.2, 0.25) is 5.78 Å². The van der Waals surface area contributed by atoms with Crippen LogP contribution in [0.25, 0.3) is 0 Å². The summed E-state index contributed by atoms with van der Waals surface area (Å²) >= 11 is 0. The summed E-state index contributed by atoms with van der Waals surface area (Å²) in [5, 5.41) is 45.3. The van der Waals surface area contributed by atoms with Crippen molar-refractivity contribution in [3.05, 3.63) is 45.4 Å². The summed E-state index contributed by atoms with van der Waals surface area (Å²) < 4.78 is 11.3. The highest BCUT2D eigenvalue weighted by Gasteiger charge is 2.63. The zero-order valence-corrected chi connectivity index (χ0v) is 24.3. The molecule has 1 fully saturated rings. The number of primary amides is 1. The number of aliphatic hydroxyl groups excluding tert-OH is 2. The summed E-state index contributed by atoms with van der Waals surface area (Å²) in [5.74, 6) is -5.93. The van der Waals surface area contributed by atoms with Gasteiger partial charge in [0, 0.05) is 42.3 Å². The number of aromatic hydroxyl groups is 1. The number of carbonyl (C=O) groups is 3. The molecular weight excluding hydrogens is 546 g/mol. The second-order valence-electron chi connectivity index (χ2n) is 12.0. The molecule has 0 radical (unpaired) electrons. The third-order valence-corrected chi connectivity index (χ3v) is 9.34. The average molecular weight is 586 g/mol. The molecule has 1 aromatic rings. The Morgan fingerprint density at radius 2 is 1.95 bits per heavy atom. The van der Waals surface area contributed by atoms with E-state index in [0.29, 0.717) is 35.9 Å². The molecule has 6 N–H and O–H groups in total. The molecule has 0 spiro atoms. The van der Waals surface area contributed by atoms with Gasteiger partial charge in [0.1, 0.15) is 28.6 Å². The second-order valence-corrected chi connectivity index (χ2v) is 12.0. The number of methoxy groups -OCH3 is 1. The van der Waals surface area contributed by atoms with E-state index in [1.807, 2.05) is 6.92 Å². The molecule has 3 aliphatic carbocycles. The van der Waals surface area contributed by atoms with Gasteiger partial charge in [-0.15, -0.1) is 0 Å². The van der Waals surface area contributed by atoms with E-state index in [2.05, 4.69) is 4.90 Å². The maximum atomic E-state index is 13.9. The third-order valence-electron chi connectivity index (χ3n) is 9.34. The highest BCUT2D eigenvalue weighted by Crippen LogP contribution is 2.53. The van der Waals surface area contributed by atoms with E-state index in [4.69, 9.17) is 15.2 Å². The molecule has 12 heteroatoms. The normalized spacial score (nSPS) is 29.2. The fourth-order valence-electron chi connectivity index (χ4n) is 7.37. The molecule has 12 nitrogen and oxygen atoms in total. The maximum Gasteiger partial charge on any atom is 0.255 e. The van der Waals surface area contributed by atoms with Crippen LogP contribution in [0, 0.1) is 17.8 Å². The summed E-state index contributed by atoms with van der Waals surface area (Å²) in [6.07, 6.45) is 1.16. The Morgan fingerprint density at radius 1 is 1.24 bits per heavy atom. The number of fused-ring (bicyclic) bond motifs is 3. The summed E-state index contributed by atoms with van der Waals surface area (Å²) in [7, 11) is 4.69. The lowest BCUT2D eigenvalue weighted by Crippen LogP contribution is -2.63. The molecule has 1 unspecified atom stereocenters. The predicted octanol–water partition coefficient (Wildman–Crippen LogP) is 0.988. The highest BCUT2D eigenvalue weighted by atomic mass is 16.5. The van der Waals surface area contributed by atoms with Crippen LogP contribution in [0.15, 0.2) is 28.7 Å². The molecule has 4 aliphatic rings. The van der Waals surface area contributed by atoms with Crippen molar-refractivity contribution < 1.29 is 44.3 Å². The number of rotatable bonds is 8. The van der Waals surface area contributed by atoms with Gasteiger partial charge in [-0.05, 0) is 57.8 Å². The molecule has 5 rings (SSSR count). The Kier molecular flexibility index (Phi) is 7.86. The molecule has 228 valence electrons. The van der Waals surface area contributed by atoms with Crippen LogP contribution >= 0.6 is 0 Å². The van der Waals surface area contributed by atoms with Crippen molar-refractivity contribution in [1.82, 2.24) is 9.80 Å². The topological polar surface area (TPSA) is 183 Å². The maximum absolute atomic E-state index is 13.9. The van der Waals surface area contributed by atoms with Gasteiger partial charge in [0.05, 0.1) is 25.3 Å².